The number of hydrogen-bond donors (Lipinski definition) is 1. The maximum Gasteiger partial charge on any atom is 0.250 e. The van der Waals surface area contributed by atoms with Gasteiger partial charge in [-0.3, -0.25) is 14.5 Å². The number of nitrogens with zero attached hydrogens (tertiary/aromatic N) is 1. The number of amides is 2. The molecule has 5 heteroatoms. The van der Waals surface area contributed by atoms with Crippen molar-refractivity contribution in [3.05, 3.63) is 28.8 Å². The standard InChI is InChI=1S/C16H21ClN2O2/c1-5-12-16(21)19(14(9(2)3)15(20)18-12)13-8-11(17)7-6-10(13)4/h6-9,12,14H,5H2,1-4H3,(H,18,20). The molecule has 1 fully saturated rings. The SMILES string of the molecule is CCC1NC(=O)C(C(C)C)N(c2cc(Cl)ccc2C)C1=O. The Morgan fingerprint density at radius 3 is 2.57 bits per heavy atom. The van der Waals surface area contributed by atoms with Crippen LogP contribution >= 0.6 is 11.6 Å². The van der Waals surface area contributed by atoms with Crippen molar-refractivity contribution in [3.8, 4) is 0 Å². The van der Waals surface area contributed by atoms with Gasteiger partial charge in [0, 0.05) is 10.7 Å². The van der Waals surface area contributed by atoms with Crippen molar-refractivity contribution in [3.63, 3.8) is 0 Å². The molecule has 0 radical (unpaired) electrons. The Balaban J connectivity index is 2.55. The average Bonchev–Trinajstić information content (AvgIpc) is 2.43. The number of aryl methyl sites for hydroxylation is 1. The lowest BCUT2D eigenvalue weighted by molar-refractivity contribution is -0.134. The van der Waals surface area contributed by atoms with Crippen molar-refractivity contribution < 1.29 is 9.59 Å². The number of rotatable bonds is 3. The van der Waals surface area contributed by atoms with Crippen molar-refractivity contribution >= 4 is 29.1 Å². The third kappa shape index (κ3) is 2.91. The Bertz CT molecular complexity index is 571. The number of anilines is 1. The Labute approximate surface area is 130 Å². The normalized spacial score (nSPS) is 22.7. The molecule has 1 N–H and O–H groups in total. The fourth-order valence-electron chi connectivity index (χ4n) is 2.73. The van der Waals surface area contributed by atoms with Gasteiger partial charge < -0.3 is 5.32 Å². The van der Waals surface area contributed by atoms with E-state index in [1.807, 2.05) is 33.8 Å². The van der Waals surface area contributed by atoms with E-state index in [1.165, 1.54) is 0 Å². The highest BCUT2D eigenvalue weighted by Gasteiger charge is 2.42. The van der Waals surface area contributed by atoms with Gasteiger partial charge in [0.25, 0.3) is 0 Å². The van der Waals surface area contributed by atoms with E-state index in [2.05, 4.69) is 5.32 Å². The minimum Gasteiger partial charge on any atom is -0.342 e. The van der Waals surface area contributed by atoms with Crippen LogP contribution in [0.25, 0.3) is 0 Å². The predicted octanol–water partition coefficient (Wildman–Crippen LogP) is 2.91. The second kappa shape index (κ2) is 6.06. The summed E-state index contributed by atoms with van der Waals surface area (Å²) in [6, 6.07) is 4.45. The van der Waals surface area contributed by atoms with Gasteiger partial charge in [0.2, 0.25) is 11.8 Å². The summed E-state index contributed by atoms with van der Waals surface area (Å²) in [6.07, 6.45) is 0.575. The summed E-state index contributed by atoms with van der Waals surface area (Å²) in [7, 11) is 0. The van der Waals surface area contributed by atoms with Crippen molar-refractivity contribution in [2.75, 3.05) is 4.90 Å². The zero-order chi connectivity index (χ0) is 15.7. The Morgan fingerprint density at radius 1 is 1.33 bits per heavy atom. The molecule has 0 bridgehead atoms. The van der Waals surface area contributed by atoms with Gasteiger partial charge in [-0.15, -0.1) is 0 Å². The Kier molecular flexibility index (Phi) is 4.57. The van der Waals surface area contributed by atoms with Gasteiger partial charge in [0.15, 0.2) is 0 Å². The van der Waals surface area contributed by atoms with Crippen molar-refractivity contribution in [2.24, 2.45) is 5.92 Å². The molecule has 4 nitrogen and oxygen atoms in total. The van der Waals surface area contributed by atoms with Crippen molar-refractivity contribution in [1.82, 2.24) is 5.32 Å². The zero-order valence-electron chi connectivity index (χ0n) is 12.8. The fraction of sp³-hybridized carbons (Fsp3) is 0.500. The van der Waals surface area contributed by atoms with Crippen LogP contribution in [-0.4, -0.2) is 23.9 Å². The molecule has 1 saturated heterocycles. The van der Waals surface area contributed by atoms with Gasteiger partial charge in [0.1, 0.15) is 12.1 Å². The van der Waals surface area contributed by atoms with E-state index < -0.39 is 12.1 Å². The predicted molar refractivity (Wildman–Crippen MR) is 84.5 cm³/mol. The van der Waals surface area contributed by atoms with Gasteiger partial charge in [-0.05, 0) is 37.0 Å². The zero-order valence-corrected chi connectivity index (χ0v) is 13.6. The average molecular weight is 309 g/mol. The third-order valence-corrected chi connectivity index (χ3v) is 4.10. The largest absolute Gasteiger partial charge is 0.342 e. The lowest BCUT2D eigenvalue weighted by Crippen LogP contribution is -2.65. The van der Waals surface area contributed by atoms with Crippen LogP contribution in [0.1, 0.15) is 32.8 Å². The number of benzene rings is 1. The maximum atomic E-state index is 12.7. The number of piperazine rings is 1. The number of nitrogens with one attached hydrogen (secondary N) is 1. The topological polar surface area (TPSA) is 49.4 Å². The first-order chi connectivity index (χ1) is 9.86. The number of hydrogen-bond acceptors (Lipinski definition) is 2. The van der Waals surface area contributed by atoms with Crippen molar-refractivity contribution in [2.45, 2.75) is 46.2 Å². The molecule has 1 aromatic rings. The highest BCUT2D eigenvalue weighted by molar-refractivity contribution is 6.31. The van der Waals surface area contributed by atoms with E-state index in [9.17, 15) is 9.59 Å². The third-order valence-electron chi connectivity index (χ3n) is 3.87. The van der Waals surface area contributed by atoms with Gasteiger partial charge in [-0.1, -0.05) is 38.4 Å². The molecule has 0 aromatic heterocycles. The lowest BCUT2D eigenvalue weighted by atomic mass is 9.94. The van der Waals surface area contributed by atoms with Crippen LogP contribution < -0.4 is 10.2 Å². The first-order valence-corrected chi connectivity index (χ1v) is 7.64. The quantitative estimate of drug-likeness (QED) is 0.933. The first kappa shape index (κ1) is 15.8. The van der Waals surface area contributed by atoms with Crippen LogP contribution in [0, 0.1) is 12.8 Å². The molecule has 1 aliphatic heterocycles. The smallest absolute Gasteiger partial charge is 0.250 e. The molecule has 1 aromatic carbocycles. The summed E-state index contributed by atoms with van der Waals surface area (Å²) >= 11 is 6.08. The molecule has 2 unspecified atom stereocenters. The van der Waals surface area contributed by atoms with E-state index in [0.717, 1.165) is 11.3 Å². The molecular weight excluding hydrogens is 288 g/mol. The molecule has 114 valence electrons. The van der Waals surface area contributed by atoms with Gasteiger partial charge in [0.05, 0.1) is 0 Å². The van der Waals surface area contributed by atoms with E-state index in [1.54, 1.807) is 17.0 Å². The van der Waals surface area contributed by atoms with E-state index in [0.29, 0.717) is 11.4 Å². The van der Waals surface area contributed by atoms with Gasteiger partial charge >= 0.3 is 0 Å². The van der Waals surface area contributed by atoms with Crippen molar-refractivity contribution in [1.29, 1.82) is 0 Å². The van der Waals surface area contributed by atoms with E-state index in [4.69, 9.17) is 11.6 Å². The van der Waals surface area contributed by atoms with Crippen LogP contribution in [0.5, 0.6) is 0 Å². The van der Waals surface area contributed by atoms with Crippen LogP contribution in [-0.2, 0) is 9.59 Å². The number of halogens is 1. The van der Waals surface area contributed by atoms with Crippen LogP contribution in [0.15, 0.2) is 18.2 Å². The molecule has 21 heavy (non-hydrogen) atoms. The number of carbonyl (C=O) groups excluding carboxylic acids is 2. The summed E-state index contributed by atoms with van der Waals surface area (Å²) in [6.45, 7) is 7.69. The first-order valence-electron chi connectivity index (χ1n) is 7.26. The van der Waals surface area contributed by atoms with Crippen LogP contribution in [0.2, 0.25) is 5.02 Å². The maximum absolute atomic E-state index is 12.7. The lowest BCUT2D eigenvalue weighted by Gasteiger charge is -2.41. The highest BCUT2D eigenvalue weighted by Crippen LogP contribution is 2.31. The summed E-state index contributed by atoms with van der Waals surface area (Å²) < 4.78 is 0. The van der Waals surface area contributed by atoms with E-state index >= 15 is 0 Å². The molecule has 2 rings (SSSR count). The summed E-state index contributed by atoms with van der Waals surface area (Å²) in [4.78, 5) is 26.8. The van der Waals surface area contributed by atoms with Gasteiger partial charge in [-0.2, -0.15) is 0 Å². The van der Waals surface area contributed by atoms with E-state index in [-0.39, 0.29) is 17.7 Å². The molecule has 0 aliphatic carbocycles. The Hall–Kier alpha value is -1.55. The monoisotopic (exact) mass is 308 g/mol. The van der Waals surface area contributed by atoms with Crippen LogP contribution in [0.4, 0.5) is 5.69 Å². The molecule has 0 saturated carbocycles. The molecular formula is C16H21ClN2O2. The molecule has 2 amide bonds. The van der Waals surface area contributed by atoms with Crippen LogP contribution in [0.3, 0.4) is 0 Å². The summed E-state index contributed by atoms with van der Waals surface area (Å²) in [5.74, 6) is -0.151. The summed E-state index contributed by atoms with van der Waals surface area (Å²) in [5, 5.41) is 3.38. The number of carbonyl (C=O) groups is 2. The minimum absolute atomic E-state index is 0.0186. The summed E-state index contributed by atoms with van der Waals surface area (Å²) in [5.41, 5.74) is 1.66. The minimum atomic E-state index is -0.502. The molecule has 1 heterocycles. The second-order valence-corrected chi connectivity index (χ2v) is 6.23. The van der Waals surface area contributed by atoms with Gasteiger partial charge in [-0.25, -0.2) is 0 Å². The highest BCUT2D eigenvalue weighted by atomic mass is 35.5. The fourth-order valence-corrected chi connectivity index (χ4v) is 2.90. The molecule has 2 atom stereocenters. The molecule has 0 spiro atoms. The second-order valence-electron chi connectivity index (χ2n) is 5.80. The molecule has 1 aliphatic rings. The Morgan fingerprint density at radius 2 is 2.00 bits per heavy atom.